The molecule has 0 spiro atoms. The minimum atomic E-state index is -0.0867. The molecule has 7 nitrogen and oxygen atoms in total. The molecule has 0 radical (unpaired) electrons. The van der Waals surface area contributed by atoms with E-state index in [-0.39, 0.29) is 24.7 Å². The molecule has 0 bridgehead atoms. The quantitative estimate of drug-likeness (QED) is 0.671. The molecular formula is C22H20ClN3O4. The normalized spacial score (nSPS) is 15.2. The Labute approximate surface area is 177 Å². The third-order valence-electron chi connectivity index (χ3n) is 5.50. The predicted octanol–water partition coefficient (Wildman–Crippen LogP) is 2.58. The highest BCUT2D eigenvalue weighted by atomic mass is 35.5. The van der Waals surface area contributed by atoms with Crippen LogP contribution in [0.1, 0.15) is 16.8 Å². The molecule has 2 N–H and O–H groups in total. The van der Waals surface area contributed by atoms with E-state index in [2.05, 4.69) is 10.3 Å². The van der Waals surface area contributed by atoms with Crippen molar-refractivity contribution in [1.82, 2.24) is 15.2 Å². The molecule has 0 unspecified atom stereocenters. The van der Waals surface area contributed by atoms with E-state index in [4.69, 9.17) is 21.1 Å². The van der Waals surface area contributed by atoms with E-state index in [1.807, 2.05) is 29.2 Å². The topological polar surface area (TPSA) is 83.7 Å². The lowest BCUT2D eigenvalue weighted by atomic mass is 10.0. The highest BCUT2D eigenvalue weighted by Crippen LogP contribution is 2.32. The number of H-pyrrole nitrogens is 1. The van der Waals surface area contributed by atoms with Gasteiger partial charge in [0.05, 0.1) is 6.54 Å². The van der Waals surface area contributed by atoms with Gasteiger partial charge in [-0.2, -0.15) is 0 Å². The maximum absolute atomic E-state index is 12.9. The van der Waals surface area contributed by atoms with Gasteiger partial charge in [-0.25, -0.2) is 0 Å². The van der Waals surface area contributed by atoms with Crippen LogP contribution in [-0.4, -0.2) is 35.7 Å². The number of aromatic amines is 1. The first-order valence-corrected chi connectivity index (χ1v) is 10.2. The summed E-state index contributed by atoms with van der Waals surface area (Å²) in [6, 6.07) is 10.9. The molecule has 2 aliphatic rings. The highest BCUT2D eigenvalue weighted by Gasteiger charge is 2.22. The second-order valence-corrected chi connectivity index (χ2v) is 7.96. The van der Waals surface area contributed by atoms with Gasteiger partial charge < -0.3 is 19.8 Å². The zero-order valence-corrected chi connectivity index (χ0v) is 16.9. The van der Waals surface area contributed by atoms with Gasteiger partial charge in [0.15, 0.2) is 16.9 Å². The molecule has 30 heavy (non-hydrogen) atoms. The minimum absolute atomic E-state index is 0.0216. The molecule has 0 aliphatic carbocycles. The number of hydrogen-bond donors (Lipinski definition) is 2. The molecule has 0 saturated heterocycles. The highest BCUT2D eigenvalue weighted by molar-refractivity contribution is 6.31. The van der Waals surface area contributed by atoms with Crippen LogP contribution >= 0.6 is 11.6 Å². The summed E-state index contributed by atoms with van der Waals surface area (Å²) >= 11 is 6.06. The monoisotopic (exact) mass is 425 g/mol. The summed E-state index contributed by atoms with van der Waals surface area (Å²) in [6.45, 7) is 2.01. The van der Waals surface area contributed by atoms with Crippen LogP contribution in [0, 0.1) is 0 Å². The van der Waals surface area contributed by atoms with Gasteiger partial charge in [-0.1, -0.05) is 17.7 Å². The van der Waals surface area contributed by atoms with E-state index in [0.717, 1.165) is 22.5 Å². The Kier molecular flexibility index (Phi) is 4.84. The van der Waals surface area contributed by atoms with Crippen LogP contribution in [0.5, 0.6) is 11.5 Å². The lowest BCUT2D eigenvalue weighted by Crippen LogP contribution is -2.41. The van der Waals surface area contributed by atoms with E-state index < -0.39 is 0 Å². The lowest BCUT2D eigenvalue weighted by molar-refractivity contribution is -0.122. The van der Waals surface area contributed by atoms with Gasteiger partial charge in [0.25, 0.3) is 0 Å². The molecule has 0 atom stereocenters. The van der Waals surface area contributed by atoms with Gasteiger partial charge in [0, 0.05) is 53.2 Å². The van der Waals surface area contributed by atoms with E-state index >= 15 is 0 Å². The molecule has 1 aromatic heterocycles. The largest absolute Gasteiger partial charge is 0.454 e. The minimum Gasteiger partial charge on any atom is -0.454 e. The summed E-state index contributed by atoms with van der Waals surface area (Å²) in [6.07, 6.45) is 0.693. The standard InChI is InChI=1S/C22H20ClN3O4/c23-14-2-3-17-15(8-14)22(28)16-10-26(6-5-18(16)25-17)11-21(27)24-9-13-1-4-19-20(7-13)30-12-29-19/h1-4,7-8H,5-6,9-12H2,(H,24,27)(H,25,28). The van der Waals surface area contributed by atoms with Crippen molar-refractivity contribution < 1.29 is 14.3 Å². The number of benzene rings is 2. The van der Waals surface area contributed by atoms with Gasteiger partial charge in [-0.05, 0) is 35.9 Å². The Balaban J connectivity index is 1.25. The maximum atomic E-state index is 12.9. The second kappa shape index (κ2) is 7.66. The number of ether oxygens (including phenoxy) is 2. The molecule has 1 amide bonds. The number of hydrogen-bond acceptors (Lipinski definition) is 5. The van der Waals surface area contributed by atoms with Gasteiger partial charge in [0.1, 0.15) is 0 Å². The number of nitrogens with zero attached hydrogens (tertiary/aromatic N) is 1. The molecule has 2 aliphatic heterocycles. The first-order chi connectivity index (χ1) is 14.6. The average molecular weight is 426 g/mol. The van der Waals surface area contributed by atoms with Crippen LogP contribution in [0.15, 0.2) is 41.2 Å². The van der Waals surface area contributed by atoms with Crippen molar-refractivity contribution in [1.29, 1.82) is 0 Å². The van der Waals surface area contributed by atoms with Crippen LogP contribution < -0.4 is 20.2 Å². The van der Waals surface area contributed by atoms with E-state index in [9.17, 15) is 9.59 Å². The van der Waals surface area contributed by atoms with Crippen molar-refractivity contribution in [3.05, 3.63) is 68.5 Å². The lowest BCUT2D eigenvalue weighted by Gasteiger charge is -2.27. The summed E-state index contributed by atoms with van der Waals surface area (Å²) in [5.41, 5.74) is 3.35. The fourth-order valence-electron chi connectivity index (χ4n) is 3.95. The SMILES string of the molecule is O=C(CN1CCc2[nH]c3ccc(Cl)cc3c(=O)c2C1)NCc1ccc2c(c1)OCO2. The zero-order valence-electron chi connectivity index (χ0n) is 16.2. The number of pyridine rings is 1. The van der Waals surface area contributed by atoms with Crippen molar-refractivity contribution in [2.24, 2.45) is 0 Å². The van der Waals surface area contributed by atoms with Crippen molar-refractivity contribution in [3.63, 3.8) is 0 Å². The summed E-state index contributed by atoms with van der Waals surface area (Å²) in [4.78, 5) is 30.7. The molecule has 3 heterocycles. The third kappa shape index (κ3) is 3.62. The molecule has 5 rings (SSSR count). The van der Waals surface area contributed by atoms with Crippen molar-refractivity contribution >= 4 is 28.4 Å². The Bertz CT molecular complexity index is 1210. The summed E-state index contributed by atoms with van der Waals surface area (Å²) < 4.78 is 10.7. The Morgan fingerprint density at radius 2 is 2.03 bits per heavy atom. The van der Waals surface area contributed by atoms with E-state index in [1.165, 1.54) is 0 Å². The first-order valence-electron chi connectivity index (χ1n) is 9.78. The summed E-state index contributed by atoms with van der Waals surface area (Å²) in [5.74, 6) is 1.33. The Morgan fingerprint density at radius 3 is 2.93 bits per heavy atom. The van der Waals surface area contributed by atoms with Gasteiger partial charge in [-0.3, -0.25) is 14.5 Å². The van der Waals surface area contributed by atoms with Crippen LogP contribution in [0.4, 0.5) is 0 Å². The van der Waals surface area contributed by atoms with Crippen LogP contribution in [0.2, 0.25) is 5.02 Å². The fraction of sp³-hybridized carbons (Fsp3) is 0.273. The van der Waals surface area contributed by atoms with Crippen LogP contribution in [0.25, 0.3) is 10.9 Å². The van der Waals surface area contributed by atoms with E-state index in [0.29, 0.717) is 47.8 Å². The Hall–Kier alpha value is -3.03. The van der Waals surface area contributed by atoms with Crippen LogP contribution in [-0.2, 0) is 24.3 Å². The average Bonchev–Trinajstić information content (AvgIpc) is 3.21. The predicted molar refractivity (Wildman–Crippen MR) is 113 cm³/mol. The maximum Gasteiger partial charge on any atom is 0.234 e. The number of halogens is 1. The van der Waals surface area contributed by atoms with Crippen molar-refractivity contribution in [2.45, 2.75) is 19.5 Å². The molecule has 3 aromatic rings. The van der Waals surface area contributed by atoms with Gasteiger partial charge in [0.2, 0.25) is 12.7 Å². The smallest absolute Gasteiger partial charge is 0.234 e. The second-order valence-electron chi connectivity index (χ2n) is 7.53. The molecule has 8 heteroatoms. The van der Waals surface area contributed by atoms with Crippen molar-refractivity contribution in [3.8, 4) is 11.5 Å². The molecule has 0 saturated carbocycles. The summed E-state index contributed by atoms with van der Waals surface area (Å²) in [7, 11) is 0. The number of carbonyl (C=O) groups is 1. The van der Waals surface area contributed by atoms with Gasteiger partial charge >= 0.3 is 0 Å². The summed E-state index contributed by atoms with van der Waals surface area (Å²) in [5, 5.41) is 4.04. The number of carbonyl (C=O) groups excluding carboxylic acids is 1. The van der Waals surface area contributed by atoms with E-state index in [1.54, 1.807) is 12.1 Å². The van der Waals surface area contributed by atoms with Crippen LogP contribution in [0.3, 0.4) is 0 Å². The number of rotatable bonds is 4. The molecule has 0 fully saturated rings. The molecule has 2 aromatic carbocycles. The molecule has 154 valence electrons. The number of aromatic nitrogens is 1. The zero-order chi connectivity index (χ0) is 20.7. The number of amides is 1. The van der Waals surface area contributed by atoms with Gasteiger partial charge in [-0.15, -0.1) is 0 Å². The van der Waals surface area contributed by atoms with Crippen molar-refractivity contribution in [2.75, 3.05) is 19.9 Å². The Morgan fingerprint density at radius 1 is 1.17 bits per heavy atom. The third-order valence-corrected chi connectivity index (χ3v) is 5.74. The number of fused-ring (bicyclic) bond motifs is 3. The first kappa shape index (κ1) is 19.0. The fourth-order valence-corrected chi connectivity index (χ4v) is 4.12. The molecular weight excluding hydrogens is 406 g/mol. The number of nitrogens with one attached hydrogen (secondary N) is 2.